The summed E-state index contributed by atoms with van der Waals surface area (Å²) in [5.74, 6) is 0.329. The molecule has 1 aliphatic rings. The Bertz CT molecular complexity index is 154. The van der Waals surface area contributed by atoms with E-state index >= 15 is 0 Å². The lowest BCUT2D eigenvalue weighted by Crippen LogP contribution is -2.10. The molecule has 0 aromatic heterocycles. The summed E-state index contributed by atoms with van der Waals surface area (Å²) in [5.41, 5.74) is 0. The third kappa shape index (κ3) is 1.88. The Hall–Kier alpha value is 0.280. The zero-order valence-corrected chi connectivity index (χ0v) is 7.12. The maximum atomic E-state index is 8.77. The Morgan fingerprint density at radius 2 is 2.10 bits per heavy atom. The van der Waals surface area contributed by atoms with Gasteiger partial charge >= 0.3 is 0 Å². The van der Waals surface area contributed by atoms with Gasteiger partial charge in [0.1, 0.15) is 0 Å². The van der Waals surface area contributed by atoms with Crippen LogP contribution in [-0.2, 0) is 0 Å². The van der Waals surface area contributed by atoms with Gasteiger partial charge in [0.2, 0.25) is 0 Å². The predicted molar refractivity (Wildman–Crippen MR) is 43.2 cm³/mol. The summed E-state index contributed by atoms with van der Waals surface area (Å²) in [7, 11) is 0. The maximum absolute atomic E-state index is 8.77. The van der Waals surface area contributed by atoms with Crippen LogP contribution in [0.15, 0.2) is 10.1 Å². The normalized spacial score (nSPS) is 27.3. The van der Waals surface area contributed by atoms with Crippen molar-refractivity contribution in [2.45, 2.75) is 19.3 Å². The van der Waals surface area contributed by atoms with Crippen LogP contribution < -0.4 is 0 Å². The van der Waals surface area contributed by atoms with Crippen LogP contribution in [-0.4, -0.2) is 11.7 Å². The van der Waals surface area contributed by atoms with Crippen LogP contribution in [0.2, 0.25) is 0 Å². The average molecular weight is 181 g/mol. The lowest BCUT2D eigenvalue weighted by atomic mass is 9.95. The molecule has 1 unspecified atom stereocenters. The largest absolute Gasteiger partial charge is 0.396 e. The molecule has 1 N–H and O–H groups in total. The van der Waals surface area contributed by atoms with Crippen molar-refractivity contribution in [2.75, 3.05) is 6.61 Å². The summed E-state index contributed by atoms with van der Waals surface area (Å²) in [6.45, 7) is 0.223. The zero-order valence-electron chi connectivity index (χ0n) is 5.61. The summed E-state index contributed by atoms with van der Waals surface area (Å²) in [4.78, 5) is 0. The smallest absolute Gasteiger partial charge is 0.0462 e. The minimum Gasteiger partial charge on any atom is -0.396 e. The Labute approximate surface area is 70.6 Å². The van der Waals surface area contributed by atoms with Gasteiger partial charge in [-0.25, -0.2) is 0 Å². The number of allylic oxidation sites excluding steroid dienone is 2. The van der Waals surface area contributed by atoms with Crippen molar-refractivity contribution >= 4 is 23.2 Å². The molecular weight excluding hydrogens is 171 g/mol. The van der Waals surface area contributed by atoms with E-state index < -0.39 is 0 Å². The molecule has 0 bridgehead atoms. The van der Waals surface area contributed by atoms with E-state index in [-0.39, 0.29) is 6.61 Å². The molecule has 0 radical (unpaired) electrons. The second-order valence-electron chi connectivity index (χ2n) is 2.60. The van der Waals surface area contributed by atoms with Crippen molar-refractivity contribution < 1.29 is 5.11 Å². The van der Waals surface area contributed by atoms with Crippen LogP contribution in [0.5, 0.6) is 0 Å². The van der Waals surface area contributed by atoms with Gasteiger partial charge in [-0.15, -0.1) is 0 Å². The molecule has 10 heavy (non-hydrogen) atoms. The molecule has 0 aliphatic heterocycles. The van der Waals surface area contributed by atoms with E-state index in [9.17, 15) is 0 Å². The van der Waals surface area contributed by atoms with E-state index in [1.165, 1.54) is 0 Å². The highest BCUT2D eigenvalue weighted by Gasteiger charge is 2.17. The Balaban J connectivity index is 2.54. The van der Waals surface area contributed by atoms with Gasteiger partial charge in [-0.05, 0) is 25.2 Å². The quantitative estimate of drug-likeness (QED) is 0.658. The minimum atomic E-state index is 0.223. The van der Waals surface area contributed by atoms with Gasteiger partial charge < -0.3 is 5.11 Å². The predicted octanol–water partition coefficient (Wildman–Crippen LogP) is 2.47. The Kier molecular flexibility index (Phi) is 3.02. The first-order valence-electron chi connectivity index (χ1n) is 3.38. The molecule has 0 heterocycles. The minimum absolute atomic E-state index is 0.223. The molecule has 0 amide bonds. The number of aliphatic hydroxyl groups excluding tert-OH is 1. The molecule has 0 saturated carbocycles. The van der Waals surface area contributed by atoms with Gasteiger partial charge in [-0.3, -0.25) is 0 Å². The van der Waals surface area contributed by atoms with Gasteiger partial charge in [0.15, 0.2) is 0 Å². The molecule has 1 aliphatic carbocycles. The monoisotopic (exact) mass is 180 g/mol. The van der Waals surface area contributed by atoms with Crippen LogP contribution in [0.3, 0.4) is 0 Å². The summed E-state index contributed by atoms with van der Waals surface area (Å²) >= 11 is 11.5. The lowest BCUT2D eigenvalue weighted by Gasteiger charge is -2.19. The summed E-state index contributed by atoms with van der Waals surface area (Å²) in [6, 6.07) is 0. The molecule has 0 fully saturated rings. The Morgan fingerprint density at radius 3 is 2.60 bits per heavy atom. The second kappa shape index (κ2) is 3.61. The molecule has 0 aromatic rings. The molecule has 0 aromatic carbocycles. The first kappa shape index (κ1) is 8.38. The number of hydrogen-bond donors (Lipinski definition) is 1. The number of aliphatic hydroxyl groups is 1. The molecule has 1 atom stereocenters. The topological polar surface area (TPSA) is 20.2 Å². The molecule has 58 valence electrons. The Morgan fingerprint density at radius 1 is 1.40 bits per heavy atom. The van der Waals surface area contributed by atoms with Crippen molar-refractivity contribution in [2.24, 2.45) is 5.92 Å². The molecule has 3 heteroatoms. The van der Waals surface area contributed by atoms with Crippen LogP contribution in [0.4, 0.5) is 0 Å². The highest BCUT2D eigenvalue weighted by atomic mass is 35.5. The molecular formula is C7H10Cl2O. The SMILES string of the molecule is OCC1CCC(Cl)=C(Cl)C1. The molecule has 0 spiro atoms. The van der Waals surface area contributed by atoms with E-state index in [0.717, 1.165) is 29.3 Å². The zero-order chi connectivity index (χ0) is 7.56. The summed E-state index contributed by atoms with van der Waals surface area (Å²) < 4.78 is 0. The number of halogens is 2. The fourth-order valence-corrected chi connectivity index (χ4v) is 1.59. The van der Waals surface area contributed by atoms with Crippen molar-refractivity contribution in [1.29, 1.82) is 0 Å². The van der Waals surface area contributed by atoms with Gasteiger partial charge in [0.05, 0.1) is 0 Å². The number of rotatable bonds is 1. The van der Waals surface area contributed by atoms with E-state index in [2.05, 4.69) is 0 Å². The van der Waals surface area contributed by atoms with Crippen LogP contribution in [0.1, 0.15) is 19.3 Å². The van der Waals surface area contributed by atoms with Crippen LogP contribution in [0, 0.1) is 5.92 Å². The fraction of sp³-hybridized carbons (Fsp3) is 0.714. The van der Waals surface area contributed by atoms with Crippen molar-refractivity contribution in [3.63, 3.8) is 0 Å². The van der Waals surface area contributed by atoms with Gasteiger partial charge in [-0.2, -0.15) is 0 Å². The number of hydrogen-bond acceptors (Lipinski definition) is 1. The third-order valence-corrected chi connectivity index (χ3v) is 2.69. The summed E-state index contributed by atoms with van der Waals surface area (Å²) in [6.07, 6.45) is 2.54. The molecule has 1 nitrogen and oxygen atoms in total. The first-order chi connectivity index (χ1) is 4.74. The molecule has 0 saturated heterocycles. The van der Waals surface area contributed by atoms with Crippen LogP contribution in [0.25, 0.3) is 0 Å². The highest BCUT2D eigenvalue weighted by molar-refractivity contribution is 6.39. The average Bonchev–Trinajstić information content (AvgIpc) is 1.95. The van der Waals surface area contributed by atoms with Crippen molar-refractivity contribution in [3.8, 4) is 0 Å². The van der Waals surface area contributed by atoms with Gasteiger partial charge in [0.25, 0.3) is 0 Å². The van der Waals surface area contributed by atoms with Crippen molar-refractivity contribution in [1.82, 2.24) is 0 Å². The molecule has 1 rings (SSSR count). The van der Waals surface area contributed by atoms with Crippen molar-refractivity contribution in [3.05, 3.63) is 10.1 Å². The van der Waals surface area contributed by atoms with E-state index in [4.69, 9.17) is 28.3 Å². The highest BCUT2D eigenvalue weighted by Crippen LogP contribution is 2.33. The van der Waals surface area contributed by atoms with E-state index in [1.807, 2.05) is 0 Å². The third-order valence-electron chi connectivity index (χ3n) is 1.79. The van der Waals surface area contributed by atoms with Crippen LogP contribution >= 0.6 is 23.2 Å². The van der Waals surface area contributed by atoms with E-state index in [0.29, 0.717) is 5.92 Å². The lowest BCUT2D eigenvalue weighted by molar-refractivity contribution is 0.216. The second-order valence-corrected chi connectivity index (χ2v) is 3.51. The fourth-order valence-electron chi connectivity index (χ4n) is 1.09. The summed E-state index contributed by atoms with van der Waals surface area (Å²) in [5, 5.41) is 10.3. The van der Waals surface area contributed by atoms with E-state index in [1.54, 1.807) is 0 Å². The van der Waals surface area contributed by atoms with Gasteiger partial charge in [-0.1, -0.05) is 23.2 Å². The van der Waals surface area contributed by atoms with Gasteiger partial charge in [0, 0.05) is 16.7 Å². The first-order valence-corrected chi connectivity index (χ1v) is 4.13. The maximum Gasteiger partial charge on any atom is 0.0462 e. The standard InChI is InChI=1S/C7H10Cl2O/c8-6-2-1-5(4-10)3-7(6)9/h5,10H,1-4H2.